The summed E-state index contributed by atoms with van der Waals surface area (Å²) in [5.74, 6) is 1.82. The van der Waals surface area contributed by atoms with E-state index in [-0.39, 0.29) is 0 Å². The highest BCUT2D eigenvalue weighted by Gasteiger charge is 2.27. The first-order chi connectivity index (χ1) is 13.3. The van der Waals surface area contributed by atoms with Crippen LogP contribution in [0.5, 0.6) is 5.75 Å². The molecule has 27 heavy (non-hydrogen) atoms. The second kappa shape index (κ2) is 6.47. The number of aryl methyl sites for hydroxylation is 1. The third-order valence-electron chi connectivity index (χ3n) is 5.30. The predicted molar refractivity (Wildman–Crippen MR) is 105 cm³/mol. The van der Waals surface area contributed by atoms with Crippen LogP contribution >= 0.6 is 0 Å². The third kappa shape index (κ3) is 2.65. The predicted octanol–water partition coefficient (Wildman–Crippen LogP) is 4.97. The quantitative estimate of drug-likeness (QED) is 0.518. The topological polar surface area (TPSA) is 40.2 Å². The third-order valence-corrected chi connectivity index (χ3v) is 5.30. The molecular weight excluding hydrogens is 336 g/mol. The van der Waals surface area contributed by atoms with Crippen molar-refractivity contribution in [3.05, 3.63) is 83.7 Å². The van der Waals surface area contributed by atoms with Gasteiger partial charge in [-0.2, -0.15) is 0 Å². The van der Waals surface area contributed by atoms with Gasteiger partial charge in [0.15, 0.2) is 5.76 Å². The highest BCUT2D eigenvalue weighted by Crippen LogP contribution is 2.41. The summed E-state index contributed by atoms with van der Waals surface area (Å²) in [5, 5.41) is 4.02. The Labute approximate surface area is 158 Å². The normalized spacial score (nSPS) is 12.5. The SMILES string of the molecule is COc1ccccc1Cn1cc2c(c1-c1ccccc1)CCc1cnoc1-2. The summed E-state index contributed by atoms with van der Waals surface area (Å²) in [6.07, 6.45) is 6.00. The molecule has 0 amide bonds. The van der Waals surface area contributed by atoms with Crippen LogP contribution in [0.3, 0.4) is 0 Å². The van der Waals surface area contributed by atoms with E-state index in [0.717, 1.165) is 42.0 Å². The minimum atomic E-state index is 0.741. The first-order valence-corrected chi connectivity index (χ1v) is 9.18. The molecule has 0 bridgehead atoms. The standard InChI is InChI=1S/C23H20N2O2/c1-26-21-10-6-5-9-18(21)14-25-15-20-19(12-11-17-13-24-27-23(17)20)22(25)16-7-3-2-4-8-16/h2-10,13,15H,11-12,14H2,1H3. The molecule has 0 spiro atoms. The van der Waals surface area contributed by atoms with Crippen molar-refractivity contribution in [1.82, 2.24) is 9.72 Å². The smallest absolute Gasteiger partial charge is 0.171 e. The molecule has 0 unspecified atom stereocenters. The summed E-state index contributed by atoms with van der Waals surface area (Å²) in [6, 6.07) is 18.8. The lowest BCUT2D eigenvalue weighted by molar-refractivity contribution is 0.408. The van der Waals surface area contributed by atoms with Crippen LogP contribution in [0, 0.1) is 0 Å². The highest BCUT2D eigenvalue weighted by molar-refractivity contribution is 5.78. The molecule has 0 radical (unpaired) electrons. The van der Waals surface area contributed by atoms with Crippen LogP contribution in [0.25, 0.3) is 22.6 Å². The molecule has 0 fully saturated rings. The Morgan fingerprint density at radius 2 is 1.85 bits per heavy atom. The van der Waals surface area contributed by atoms with E-state index in [4.69, 9.17) is 9.26 Å². The largest absolute Gasteiger partial charge is 0.496 e. The molecule has 4 nitrogen and oxygen atoms in total. The molecule has 2 aromatic heterocycles. The fraction of sp³-hybridized carbons (Fsp3) is 0.174. The molecule has 1 aliphatic rings. The lowest BCUT2D eigenvalue weighted by Crippen LogP contribution is -2.04. The van der Waals surface area contributed by atoms with Gasteiger partial charge in [-0.25, -0.2) is 0 Å². The maximum absolute atomic E-state index is 5.59. The van der Waals surface area contributed by atoms with Crippen LogP contribution in [-0.4, -0.2) is 16.8 Å². The summed E-state index contributed by atoms with van der Waals surface area (Å²) >= 11 is 0. The van der Waals surface area contributed by atoms with Gasteiger partial charge in [0, 0.05) is 22.9 Å². The molecule has 134 valence electrons. The molecule has 2 heterocycles. The van der Waals surface area contributed by atoms with Gasteiger partial charge >= 0.3 is 0 Å². The molecule has 4 aromatic rings. The average molecular weight is 356 g/mol. The minimum Gasteiger partial charge on any atom is -0.496 e. The molecule has 5 rings (SSSR count). The summed E-state index contributed by atoms with van der Waals surface area (Å²) in [4.78, 5) is 0. The first kappa shape index (κ1) is 15.9. The zero-order chi connectivity index (χ0) is 18.2. The Balaban J connectivity index is 1.69. The molecule has 0 aliphatic heterocycles. The zero-order valence-corrected chi connectivity index (χ0v) is 15.2. The van der Waals surface area contributed by atoms with Crippen molar-refractivity contribution in [2.75, 3.05) is 7.11 Å². The zero-order valence-electron chi connectivity index (χ0n) is 15.2. The number of hydrogen-bond acceptors (Lipinski definition) is 3. The molecule has 0 atom stereocenters. The number of benzene rings is 2. The van der Waals surface area contributed by atoms with Crippen molar-refractivity contribution in [2.24, 2.45) is 0 Å². The number of nitrogens with zero attached hydrogens (tertiary/aromatic N) is 2. The second-order valence-corrected chi connectivity index (χ2v) is 6.86. The number of ether oxygens (including phenoxy) is 1. The van der Waals surface area contributed by atoms with Gasteiger partial charge in [0.25, 0.3) is 0 Å². The lowest BCUT2D eigenvalue weighted by atomic mass is 9.91. The fourth-order valence-electron chi connectivity index (χ4n) is 4.05. The highest BCUT2D eigenvalue weighted by atomic mass is 16.5. The number of fused-ring (bicyclic) bond motifs is 3. The van der Waals surface area contributed by atoms with Gasteiger partial charge < -0.3 is 13.8 Å². The van der Waals surface area contributed by atoms with Crippen LogP contribution < -0.4 is 4.74 Å². The van der Waals surface area contributed by atoms with Gasteiger partial charge in [-0.1, -0.05) is 53.7 Å². The molecule has 1 aliphatic carbocycles. The van der Waals surface area contributed by atoms with Crippen molar-refractivity contribution >= 4 is 0 Å². The van der Waals surface area contributed by atoms with Gasteiger partial charge in [0.05, 0.1) is 25.5 Å². The average Bonchev–Trinajstić information content (AvgIpc) is 3.33. The number of para-hydroxylation sites is 1. The number of methoxy groups -OCH3 is 1. The van der Waals surface area contributed by atoms with E-state index in [9.17, 15) is 0 Å². The van der Waals surface area contributed by atoms with Crippen LogP contribution in [0.15, 0.2) is 71.5 Å². The van der Waals surface area contributed by atoms with E-state index < -0.39 is 0 Å². The summed E-state index contributed by atoms with van der Waals surface area (Å²) in [5.41, 5.74) is 7.30. The first-order valence-electron chi connectivity index (χ1n) is 9.18. The Hall–Kier alpha value is -3.27. The molecule has 2 aromatic carbocycles. The van der Waals surface area contributed by atoms with Crippen LogP contribution in [0.4, 0.5) is 0 Å². The Kier molecular flexibility index (Phi) is 3.82. The van der Waals surface area contributed by atoms with Gasteiger partial charge in [0.2, 0.25) is 0 Å². The lowest BCUT2D eigenvalue weighted by Gasteiger charge is -2.15. The van der Waals surface area contributed by atoms with Crippen molar-refractivity contribution in [2.45, 2.75) is 19.4 Å². The Bertz CT molecular complexity index is 1090. The van der Waals surface area contributed by atoms with E-state index in [1.54, 1.807) is 7.11 Å². The summed E-state index contributed by atoms with van der Waals surface area (Å²) in [6.45, 7) is 0.741. The Morgan fingerprint density at radius 1 is 1.04 bits per heavy atom. The van der Waals surface area contributed by atoms with Gasteiger partial charge in [-0.05, 0) is 30.0 Å². The van der Waals surface area contributed by atoms with E-state index in [0.29, 0.717) is 0 Å². The summed E-state index contributed by atoms with van der Waals surface area (Å²) < 4.78 is 13.5. The van der Waals surface area contributed by atoms with E-state index in [1.807, 2.05) is 18.3 Å². The van der Waals surface area contributed by atoms with Gasteiger partial charge in [0.1, 0.15) is 5.75 Å². The van der Waals surface area contributed by atoms with Crippen molar-refractivity contribution in [3.63, 3.8) is 0 Å². The molecule has 4 heteroatoms. The monoisotopic (exact) mass is 356 g/mol. The molecule has 0 saturated carbocycles. The Morgan fingerprint density at radius 3 is 2.70 bits per heavy atom. The van der Waals surface area contributed by atoms with Crippen molar-refractivity contribution in [3.8, 4) is 28.3 Å². The maximum Gasteiger partial charge on any atom is 0.171 e. The van der Waals surface area contributed by atoms with E-state index >= 15 is 0 Å². The number of aromatic nitrogens is 2. The van der Waals surface area contributed by atoms with Crippen LogP contribution in [0.2, 0.25) is 0 Å². The van der Waals surface area contributed by atoms with Crippen molar-refractivity contribution < 1.29 is 9.26 Å². The van der Waals surface area contributed by atoms with Crippen LogP contribution in [0.1, 0.15) is 16.7 Å². The molecule has 0 N–H and O–H groups in total. The van der Waals surface area contributed by atoms with Gasteiger partial charge in [-0.15, -0.1) is 0 Å². The maximum atomic E-state index is 5.59. The molecular formula is C23H20N2O2. The minimum absolute atomic E-state index is 0.741. The second-order valence-electron chi connectivity index (χ2n) is 6.86. The molecule has 0 saturated heterocycles. The van der Waals surface area contributed by atoms with Crippen molar-refractivity contribution in [1.29, 1.82) is 0 Å². The fourth-order valence-corrected chi connectivity index (χ4v) is 4.05. The van der Waals surface area contributed by atoms with E-state index in [2.05, 4.69) is 58.4 Å². The summed E-state index contributed by atoms with van der Waals surface area (Å²) in [7, 11) is 1.72. The van der Waals surface area contributed by atoms with Gasteiger partial charge in [-0.3, -0.25) is 0 Å². The number of hydrogen-bond donors (Lipinski definition) is 0. The number of rotatable bonds is 4. The van der Waals surface area contributed by atoms with E-state index in [1.165, 1.54) is 22.4 Å². The van der Waals surface area contributed by atoms with Crippen LogP contribution in [-0.2, 0) is 19.4 Å².